The number of benzene rings is 1. The van der Waals surface area contributed by atoms with Crippen LogP contribution in [0.4, 0.5) is 5.82 Å². The largest absolute Gasteiger partial charge is 0.491 e. The fourth-order valence-corrected chi connectivity index (χ4v) is 3.45. The third-order valence-corrected chi connectivity index (χ3v) is 4.96. The number of guanidine groups is 1. The number of nitrogens with zero attached hydrogens (tertiary/aromatic N) is 3. The van der Waals surface area contributed by atoms with Gasteiger partial charge in [0.15, 0.2) is 5.96 Å². The number of aryl methyl sites for hydroxylation is 1. The van der Waals surface area contributed by atoms with Crippen molar-refractivity contribution >= 4 is 11.8 Å². The van der Waals surface area contributed by atoms with Crippen molar-refractivity contribution in [2.45, 2.75) is 52.8 Å². The molecule has 2 aromatic rings. The predicted octanol–water partition coefficient (Wildman–Crippen LogP) is 3.64. The average Bonchev–Trinajstić information content (AvgIpc) is 3.24. The highest BCUT2D eigenvalue weighted by Gasteiger charge is 2.13. The lowest BCUT2D eigenvalue weighted by molar-refractivity contribution is 0.239. The summed E-state index contributed by atoms with van der Waals surface area (Å²) in [6, 6.07) is 10.5. The van der Waals surface area contributed by atoms with Crippen molar-refractivity contribution in [1.82, 2.24) is 15.6 Å². The van der Waals surface area contributed by atoms with Gasteiger partial charge in [-0.25, -0.2) is 4.98 Å². The van der Waals surface area contributed by atoms with Gasteiger partial charge in [-0.3, -0.25) is 4.99 Å². The zero-order chi connectivity index (χ0) is 20.6. The van der Waals surface area contributed by atoms with Crippen LogP contribution in [-0.4, -0.2) is 37.2 Å². The van der Waals surface area contributed by atoms with E-state index in [-0.39, 0.29) is 6.10 Å². The van der Waals surface area contributed by atoms with E-state index >= 15 is 0 Å². The summed E-state index contributed by atoms with van der Waals surface area (Å²) in [6.07, 6.45) is 4.54. The van der Waals surface area contributed by atoms with Crippen molar-refractivity contribution in [3.05, 3.63) is 53.2 Å². The van der Waals surface area contributed by atoms with E-state index in [0.717, 1.165) is 36.2 Å². The summed E-state index contributed by atoms with van der Waals surface area (Å²) in [5.41, 5.74) is 3.51. The Morgan fingerprint density at radius 3 is 2.62 bits per heavy atom. The quantitative estimate of drug-likeness (QED) is 0.554. The maximum atomic E-state index is 5.97. The number of hydrogen-bond donors (Lipinski definition) is 2. The topological polar surface area (TPSA) is 61.8 Å². The zero-order valence-corrected chi connectivity index (χ0v) is 18.0. The minimum absolute atomic E-state index is 0.143. The van der Waals surface area contributed by atoms with E-state index in [4.69, 9.17) is 4.74 Å². The second-order valence-electron chi connectivity index (χ2n) is 7.77. The van der Waals surface area contributed by atoms with Crippen molar-refractivity contribution in [3.63, 3.8) is 0 Å². The van der Waals surface area contributed by atoms with Crippen molar-refractivity contribution in [1.29, 1.82) is 0 Å². The number of hydrogen-bond acceptors (Lipinski definition) is 4. The highest BCUT2D eigenvalue weighted by molar-refractivity contribution is 5.79. The molecule has 0 aliphatic carbocycles. The Bertz CT molecular complexity index is 828. The van der Waals surface area contributed by atoms with E-state index in [9.17, 15) is 0 Å². The minimum atomic E-state index is 0.143. The van der Waals surface area contributed by atoms with Crippen molar-refractivity contribution < 1.29 is 4.74 Å². The molecule has 1 aromatic heterocycles. The van der Waals surface area contributed by atoms with Crippen LogP contribution in [0.1, 0.15) is 43.4 Å². The molecule has 0 bridgehead atoms. The number of aromatic nitrogens is 1. The summed E-state index contributed by atoms with van der Waals surface area (Å²) in [4.78, 5) is 11.2. The molecule has 1 fully saturated rings. The Labute approximate surface area is 174 Å². The van der Waals surface area contributed by atoms with Gasteiger partial charge in [-0.1, -0.05) is 12.1 Å². The van der Waals surface area contributed by atoms with Crippen LogP contribution >= 0.6 is 0 Å². The molecule has 3 rings (SSSR count). The van der Waals surface area contributed by atoms with E-state index in [0.29, 0.717) is 13.1 Å². The monoisotopic (exact) mass is 395 g/mol. The normalized spacial score (nSPS) is 14.4. The highest BCUT2D eigenvalue weighted by Crippen LogP contribution is 2.22. The molecule has 0 saturated carbocycles. The summed E-state index contributed by atoms with van der Waals surface area (Å²) in [7, 11) is 1.79. The van der Waals surface area contributed by atoms with Crippen molar-refractivity contribution in [3.8, 4) is 5.75 Å². The van der Waals surface area contributed by atoms with Gasteiger partial charge in [0.1, 0.15) is 11.6 Å². The fourth-order valence-electron chi connectivity index (χ4n) is 3.45. The second-order valence-corrected chi connectivity index (χ2v) is 7.77. The molecule has 29 heavy (non-hydrogen) atoms. The molecule has 0 unspecified atom stereocenters. The summed E-state index contributed by atoms with van der Waals surface area (Å²) in [6.45, 7) is 9.73. The van der Waals surface area contributed by atoms with Crippen molar-refractivity contribution in [2.75, 3.05) is 25.0 Å². The third kappa shape index (κ3) is 6.11. The van der Waals surface area contributed by atoms with Gasteiger partial charge in [0.2, 0.25) is 0 Å². The van der Waals surface area contributed by atoms with Gasteiger partial charge < -0.3 is 20.3 Å². The number of aliphatic imine (C=N–C) groups is 1. The van der Waals surface area contributed by atoms with E-state index in [2.05, 4.69) is 62.8 Å². The first-order chi connectivity index (χ1) is 14.0. The fraction of sp³-hybridized carbons (Fsp3) is 0.478. The van der Waals surface area contributed by atoms with Crippen LogP contribution in [-0.2, 0) is 13.1 Å². The van der Waals surface area contributed by atoms with Crippen LogP contribution in [0.15, 0.2) is 41.5 Å². The van der Waals surface area contributed by atoms with Crippen LogP contribution in [0.3, 0.4) is 0 Å². The van der Waals surface area contributed by atoms with Gasteiger partial charge in [-0.05, 0) is 62.9 Å². The molecule has 1 saturated heterocycles. The molecule has 6 nitrogen and oxygen atoms in total. The Hall–Kier alpha value is -2.76. The van der Waals surface area contributed by atoms with Crippen LogP contribution in [0.5, 0.6) is 5.75 Å². The number of pyridine rings is 1. The smallest absolute Gasteiger partial charge is 0.191 e. The van der Waals surface area contributed by atoms with Gasteiger partial charge in [0.25, 0.3) is 0 Å². The molecule has 6 heteroatoms. The molecule has 0 amide bonds. The molecule has 2 N–H and O–H groups in total. The molecule has 0 spiro atoms. The summed E-state index contributed by atoms with van der Waals surface area (Å²) >= 11 is 0. The Kier molecular flexibility index (Phi) is 7.33. The maximum Gasteiger partial charge on any atom is 0.191 e. The van der Waals surface area contributed by atoms with Gasteiger partial charge >= 0.3 is 0 Å². The third-order valence-electron chi connectivity index (χ3n) is 4.96. The summed E-state index contributed by atoms with van der Waals surface area (Å²) < 4.78 is 5.97. The molecule has 1 aliphatic rings. The van der Waals surface area contributed by atoms with Crippen LogP contribution < -0.4 is 20.3 Å². The number of anilines is 1. The standard InChI is InChI=1S/C23H33N5O/c1-17(2)29-21-13-18(3)7-8-20(21)16-27-23(24-4)26-15-19-9-10-25-22(14-19)28-11-5-6-12-28/h7-10,13-14,17H,5-6,11-12,15-16H2,1-4H3,(H2,24,26,27). The lowest BCUT2D eigenvalue weighted by Gasteiger charge is -2.18. The van der Waals surface area contributed by atoms with E-state index < -0.39 is 0 Å². The number of rotatable bonds is 7. The van der Waals surface area contributed by atoms with Gasteiger partial charge in [-0.15, -0.1) is 0 Å². The minimum Gasteiger partial charge on any atom is -0.491 e. The first-order valence-electron chi connectivity index (χ1n) is 10.5. The average molecular weight is 396 g/mol. The van der Waals surface area contributed by atoms with E-state index in [1.807, 2.05) is 20.0 Å². The van der Waals surface area contributed by atoms with Gasteiger partial charge in [-0.2, -0.15) is 0 Å². The highest BCUT2D eigenvalue weighted by atomic mass is 16.5. The first-order valence-corrected chi connectivity index (χ1v) is 10.5. The SMILES string of the molecule is CN=C(NCc1ccnc(N2CCCC2)c1)NCc1ccc(C)cc1OC(C)C. The van der Waals surface area contributed by atoms with Crippen molar-refractivity contribution in [2.24, 2.45) is 4.99 Å². The van der Waals surface area contributed by atoms with Crippen LogP contribution in [0.25, 0.3) is 0 Å². The summed E-state index contributed by atoms with van der Waals surface area (Å²) in [5, 5.41) is 6.79. The van der Waals surface area contributed by atoms with E-state index in [1.165, 1.54) is 24.0 Å². The Morgan fingerprint density at radius 2 is 1.90 bits per heavy atom. The first kappa shape index (κ1) is 21.0. The molecule has 0 radical (unpaired) electrons. The number of nitrogens with one attached hydrogen (secondary N) is 2. The maximum absolute atomic E-state index is 5.97. The molecular weight excluding hydrogens is 362 g/mol. The molecule has 0 atom stereocenters. The molecule has 1 aliphatic heterocycles. The summed E-state index contributed by atoms with van der Waals surface area (Å²) in [5.74, 6) is 2.76. The molecular formula is C23H33N5O. The molecule has 1 aromatic carbocycles. The van der Waals surface area contributed by atoms with Crippen LogP contribution in [0.2, 0.25) is 0 Å². The Morgan fingerprint density at radius 1 is 1.14 bits per heavy atom. The molecule has 2 heterocycles. The Balaban J connectivity index is 1.57. The van der Waals surface area contributed by atoms with Crippen LogP contribution in [0, 0.1) is 6.92 Å². The molecule has 156 valence electrons. The van der Waals surface area contributed by atoms with E-state index in [1.54, 1.807) is 7.05 Å². The number of ether oxygens (including phenoxy) is 1. The van der Waals surface area contributed by atoms with Gasteiger partial charge in [0.05, 0.1) is 6.10 Å². The second kappa shape index (κ2) is 10.1. The lowest BCUT2D eigenvalue weighted by Crippen LogP contribution is -2.36. The van der Waals surface area contributed by atoms with Gasteiger partial charge in [0, 0.05) is 45.0 Å². The predicted molar refractivity (Wildman–Crippen MR) is 120 cm³/mol. The lowest BCUT2D eigenvalue weighted by atomic mass is 10.1. The zero-order valence-electron chi connectivity index (χ0n) is 18.0.